The van der Waals surface area contributed by atoms with Crippen molar-refractivity contribution in [2.45, 2.75) is 51.6 Å². The Hall–Kier alpha value is -2.04. The Morgan fingerprint density at radius 3 is 2.00 bits per heavy atom. The molecule has 0 N–H and O–H groups in total. The van der Waals surface area contributed by atoms with Crippen LogP contribution in [-0.4, -0.2) is 0 Å². The fourth-order valence-corrected chi connectivity index (χ4v) is 3.27. The molecule has 1 radical (unpaired) electrons. The third-order valence-electron chi connectivity index (χ3n) is 5.05. The molecular weight excluding hydrogens is 344 g/mol. The molecule has 0 unspecified atom stereocenters. The summed E-state index contributed by atoms with van der Waals surface area (Å²) in [5, 5.41) is 0. The largest absolute Gasteiger partial charge is 0.429 e. The summed E-state index contributed by atoms with van der Waals surface area (Å²) < 4.78 is 60.4. The summed E-state index contributed by atoms with van der Waals surface area (Å²) in [6, 6.07) is 7.74. The predicted octanol–water partition coefficient (Wildman–Crippen LogP) is 6.65. The minimum Gasteiger partial charge on any atom is -0.429 e. The quantitative estimate of drug-likeness (QED) is 0.551. The standard InChI is InChI=1S/C21H21F4O/c1-13-3-5-15(6-4-13)16-7-9-18(10-8-16)26-21(24,25)17-11-19(22)14(2)20(23)12-17/h7-12,15H,3-6H2,1-2H3. The summed E-state index contributed by atoms with van der Waals surface area (Å²) >= 11 is 0. The minimum absolute atomic E-state index is 0.0429. The number of ether oxygens (including phenoxy) is 1. The Morgan fingerprint density at radius 1 is 0.923 bits per heavy atom. The maximum absolute atomic E-state index is 14.3. The molecule has 0 heterocycles. The average molecular weight is 365 g/mol. The van der Waals surface area contributed by atoms with Crippen LogP contribution in [0.3, 0.4) is 0 Å². The van der Waals surface area contributed by atoms with E-state index < -0.39 is 23.3 Å². The predicted molar refractivity (Wildman–Crippen MR) is 92.2 cm³/mol. The highest BCUT2D eigenvalue weighted by Gasteiger charge is 2.36. The molecule has 139 valence electrons. The van der Waals surface area contributed by atoms with Crippen molar-refractivity contribution >= 4 is 0 Å². The van der Waals surface area contributed by atoms with Crippen LogP contribution in [0.2, 0.25) is 0 Å². The highest BCUT2D eigenvalue weighted by Crippen LogP contribution is 2.38. The normalized spacial score (nSPS) is 16.7. The first-order valence-electron chi connectivity index (χ1n) is 8.70. The first-order valence-corrected chi connectivity index (χ1v) is 8.70. The van der Waals surface area contributed by atoms with Crippen LogP contribution in [0.4, 0.5) is 17.6 Å². The van der Waals surface area contributed by atoms with Crippen molar-refractivity contribution in [3.8, 4) is 5.75 Å². The zero-order chi connectivity index (χ0) is 18.9. The molecular formula is C21H21F4O. The van der Waals surface area contributed by atoms with Crippen LogP contribution >= 0.6 is 0 Å². The summed E-state index contributed by atoms with van der Waals surface area (Å²) in [6.45, 7) is 3.35. The molecule has 0 aromatic heterocycles. The van der Waals surface area contributed by atoms with Gasteiger partial charge in [-0.2, -0.15) is 8.78 Å². The van der Waals surface area contributed by atoms with Crippen LogP contribution in [0, 0.1) is 24.5 Å². The molecule has 2 aromatic carbocycles. The maximum Gasteiger partial charge on any atom is 0.426 e. The molecule has 0 spiro atoms. The zero-order valence-corrected chi connectivity index (χ0v) is 14.8. The second-order valence-corrected chi connectivity index (χ2v) is 6.98. The summed E-state index contributed by atoms with van der Waals surface area (Å²) in [4.78, 5) is 0. The fraction of sp³-hybridized carbons (Fsp3) is 0.381. The van der Waals surface area contributed by atoms with Gasteiger partial charge in [0, 0.05) is 5.56 Å². The summed E-state index contributed by atoms with van der Waals surface area (Å²) in [5.74, 6) is -0.170. The van der Waals surface area contributed by atoms with Crippen LogP contribution < -0.4 is 4.74 Å². The monoisotopic (exact) mass is 365 g/mol. The van der Waals surface area contributed by atoms with Gasteiger partial charge in [-0.15, -0.1) is 0 Å². The molecule has 0 atom stereocenters. The first-order chi connectivity index (χ1) is 12.3. The van der Waals surface area contributed by atoms with Crippen molar-refractivity contribution in [2.24, 2.45) is 0 Å². The fourth-order valence-electron chi connectivity index (χ4n) is 3.27. The molecule has 5 heteroatoms. The third-order valence-corrected chi connectivity index (χ3v) is 5.05. The van der Waals surface area contributed by atoms with Gasteiger partial charge >= 0.3 is 6.11 Å². The van der Waals surface area contributed by atoms with Gasteiger partial charge in [0.15, 0.2) is 0 Å². The molecule has 1 aliphatic carbocycles. The highest BCUT2D eigenvalue weighted by molar-refractivity contribution is 5.32. The van der Waals surface area contributed by atoms with E-state index in [0.29, 0.717) is 18.1 Å². The van der Waals surface area contributed by atoms with Gasteiger partial charge in [-0.25, -0.2) is 8.78 Å². The molecule has 0 amide bonds. The van der Waals surface area contributed by atoms with E-state index in [2.05, 4.69) is 6.92 Å². The Morgan fingerprint density at radius 2 is 1.46 bits per heavy atom. The molecule has 3 rings (SSSR count). The van der Waals surface area contributed by atoms with Crippen molar-refractivity contribution in [2.75, 3.05) is 0 Å². The lowest BCUT2D eigenvalue weighted by Crippen LogP contribution is -2.22. The molecule has 0 aliphatic heterocycles. The van der Waals surface area contributed by atoms with Crippen molar-refractivity contribution in [3.63, 3.8) is 0 Å². The second kappa shape index (κ2) is 7.29. The Bertz CT molecular complexity index is 739. The highest BCUT2D eigenvalue weighted by atomic mass is 19.3. The van der Waals surface area contributed by atoms with Crippen LogP contribution in [-0.2, 0) is 6.11 Å². The maximum atomic E-state index is 14.3. The van der Waals surface area contributed by atoms with E-state index in [1.54, 1.807) is 12.1 Å². The van der Waals surface area contributed by atoms with Gasteiger partial charge in [0.1, 0.15) is 17.4 Å². The third kappa shape index (κ3) is 4.02. The number of hydrogen-bond acceptors (Lipinski definition) is 1. The number of alkyl halides is 2. The summed E-state index contributed by atoms with van der Waals surface area (Å²) in [7, 11) is 0. The molecule has 1 nitrogen and oxygen atoms in total. The second-order valence-electron chi connectivity index (χ2n) is 6.98. The molecule has 0 bridgehead atoms. The zero-order valence-electron chi connectivity index (χ0n) is 14.8. The Kier molecular flexibility index (Phi) is 5.26. The lowest BCUT2D eigenvalue weighted by atomic mass is 9.79. The summed E-state index contributed by atoms with van der Waals surface area (Å²) in [5.41, 5.74) is -0.0464. The van der Waals surface area contributed by atoms with Gasteiger partial charge in [-0.05, 0) is 74.3 Å². The lowest BCUT2D eigenvalue weighted by molar-refractivity contribution is -0.185. The Labute approximate surface area is 151 Å². The van der Waals surface area contributed by atoms with Gasteiger partial charge in [-0.3, -0.25) is 0 Å². The van der Waals surface area contributed by atoms with E-state index >= 15 is 0 Å². The smallest absolute Gasteiger partial charge is 0.426 e. The van der Waals surface area contributed by atoms with Gasteiger partial charge in [-0.1, -0.05) is 19.1 Å². The molecule has 2 aromatic rings. The van der Waals surface area contributed by atoms with Crippen LogP contribution in [0.1, 0.15) is 55.2 Å². The Balaban J connectivity index is 1.73. The number of rotatable bonds is 4. The van der Waals surface area contributed by atoms with Gasteiger partial charge < -0.3 is 4.74 Å². The van der Waals surface area contributed by atoms with E-state index in [0.717, 1.165) is 31.2 Å². The first kappa shape index (κ1) is 18.7. The van der Waals surface area contributed by atoms with Gasteiger partial charge in [0.2, 0.25) is 0 Å². The molecule has 1 aliphatic rings. The van der Waals surface area contributed by atoms with E-state index in [9.17, 15) is 17.6 Å². The van der Waals surface area contributed by atoms with Crippen molar-refractivity contribution in [1.29, 1.82) is 0 Å². The van der Waals surface area contributed by atoms with Gasteiger partial charge in [0.25, 0.3) is 0 Å². The minimum atomic E-state index is -3.83. The SMILES string of the molecule is C[C]1CCC(c2ccc(OC(F)(F)c3cc(F)c(C)c(F)c3)cc2)CC1. The number of benzene rings is 2. The van der Waals surface area contributed by atoms with Crippen LogP contribution in [0.25, 0.3) is 0 Å². The van der Waals surface area contributed by atoms with E-state index in [4.69, 9.17) is 4.74 Å². The van der Waals surface area contributed by atoms with Crippen molar-refractivity contribution in [3.05, 3.63) is 70.6 Å². The molecule has 1 saturated carbocycles. The lowest BCUT2D eigenvalue weighted by Gasteiger charge is -2.26. The number of hydrogen-bond donors (Lipinski definition) is 0. The van der Waals surface area contributed by atoms with Crippen molar-refractivity contribution < 1.29 is 22.3 Å². The number of halogens is 4. The van der Waals surface area contributed by atoms with Crippen LogP contribution in [0.5, 0.6) is 5.75 Å². The molecule has 26 heavy (non-hydrogen) atoms. The molecule has 1 fully saturated rings. The van der Waals surface area contributed by atoms with E-state index in [1.165, 1.54) is 25.0 Å². The van der Waals surface area contributed by atoms with E-state index in [-0.39, 0.29) is 11.3 Å². The average Bonchev–Trinajstić information content (AvgIpc) is 2.60. The van der Waals surface area contributed by atoms with Gasteiger partial charge in [0.05, 0.1) is 5.56 Å². The molecule has 0 saturated heterocycles. The van der Waals surface area contributed by atoms with E-state index in [1.807, 2.05) is 0 Å². The topological polar surface area (TPSA) is 9.23 Å². The van der Waals surface area contributed by atoms with Crippen molar-refractivity contribution in [1.82, 2.24) is 0 Å². The van der Waals surface area contributed by atoms with Crippen LogP contribution in [0.15, 0.2) is 36.4 Å². The summed E-state index contributed by atoms with van der Waals surface area (Å²) in [6.07, 6.45) is 0.471.